The molecule has 2 aromatic rings. The number of nitrogens with one attached hydrogen (secondary N) is 1. The van der Waals surface area contributed by atoms with E-state index in [-0.39, 0.29) is 12.5 Å². The van der Waals surface area contributed by atoms with Crippen LogP contribution in [0.15, 0.2) is 78.0 Å². The topological polar surface area (TPSA) is 215 Å². The second-order valence-electron chi connectivity index (χ2n) is 11.7. The number of rotatable bonds is 11. The van der Waals surface area contributed by atoms with Gasteiger partial charge in [-0.05, 0) is 31.4 Å². The zero-order valence-corrected chi connectivity index (χ0v) is 26.0. The van der Waals surface area contributed by atoms with Crippen LogP contribution in [0.4, 0.5) is 0 Å². The summed E-state index contributed by atoms with van der Waals surface area (Å²) in [6.07, 6.45) is -4.41. The summed E-state index contributed by atoms with van der Waals surface area (Å²) in [5.74, 6) is -4.31. The van der Waals surface area contributed by atoms with Crippen molar-refractivity contribution in [2.75, 3.05) is 20.1 Å². The summed E-state index contributed by atoms with van der Waals surface area (Å²) in [6.45, 7) is 8.58. The van der Waals surface area contributed by atoms with Crippen LogP contribution in [0.5, 0.6) is 0 Å². The highest BCUT2D eigenvalue weighted by molar-refractivity contribution is 5.98. The zero-order chi connectivity index (χ0) is 34.2. The number of aliphatic hydroxyl groups is 2. The smallest absolute Gasteiger partial charge is 0.335 e. The predicted molar refractivity (Wildman–Crippen MR) is 167 cm³/mol. The van der Waals surface area contributed by atoms with Crippen molar-refractivity contribution in [3.8, 4) is 0 Å². The van der Waals surface area contributed by atoms with Gasteiger partial charge in [-0.3, -0.25) is 14.6 Å². The van der Waals surface area contributed by atoms with E-state index in [1.807, 2.05) is 60.6 Å². The van der Waals surface area contributed by atoms with Gasteiger partial charge < -0.3 is 41.1 Å². The number of hydrogen-bond acceptors (Lipinski definition) is 10. The average Bonchev–Trinajstić information content (AvgIpc) is 3.26. The third-order valence-electron chi connectivity index (χ3n) is 7.64. The normalized spacial score (nSPS) is 19.5. The number of aliphatic hydroxyl groups excluding tert-OH is 2. The van der Waals surface area contributed by atoms with Crippen LogP contribution in [0.1, 0.15) is 31.4 Å². The minimum absolute atomic E-state index is 0.174. The van der Waals surface area contributed by atoms with E-state index in [2.05, 4.69) is 24.0 Å². The third-order valence-corrected chi connectivity index (χ3v) is 7.64. The molecule has 7 N–H and O–H groups in total. The Labute approximate surface area is 266 Å². The Morgan fingerprint density at radius 1 is 1.00 bits per heavy atom. The quantitative estimate of drug-likeness (QED) is 0.187. The van der Waals surface area contributed by atoms with Crippen molar-refractivity contribution < 1.29 is 44.3 Å². The van der Waals surface area contributed by atoms with Gasteiger partial charge in [0, 0.05) is 32.3 Å². The summed E-state index contributed by atoms with van der Waals surface area (Å²) in [4.78, 5) is 47.8. The first-order valence-electron chi connectivity index (χ1n) is 14.5. The van der Waals surface area contributed by atoms with Gasteiger partial charge in [0.25, 0.3) is 5.91 Å². The molecule has 4 rings (SSSR count). The van der Waals surface area contributed by atoms with Crippen LogP contribution in [-0.4, -0.2) is 104 Å². The van der Waals surface area contributed by atoms with Gasteiger partial charge in [0.05, 0.1) is 23.3 Å². The molecular weight excluding hydrogens is 598 g/mol. The number of carbonyl (C=O) groups excluding carboxylic acids is 2. The fourth-order valence-corrected chi connectivity index (χ4v) is 4.99. The number of nitrogens with two attached hydrogens (primary N) is 1. The number of nitrogens with zero attached hydrogens (tertiary/aromatic N) is 3. The van der Waals surface area contributed by atoms with Gasteiger partial charge in [0.15, 0.2) is 12.2 Å². The van der Waals surface area contributed by atoms with Crippen LogP contribution in [0.25, 0.3) is 0 Å². The van der Waals surface area contributed by atoms with E-state index < -0.39 is 47.2 Å². The first-order chi connectivity index (χ1) is 21.6. The summed E-state index contributed by atoms with van der Waals surface area (Å²) in [5.41, 5.74) is 8.25. The highest BCUT2D eigenvalue weighted by atomic mass is 16.5. The number of carboxylic acids is 2. The van der Waals surface area contributed by atoms with E-state index in [0.717, 1.165) is 22.5 Å². The molecule has 14 nitrogen and oxygen atoms in total. The van der Waals surface area contributed by atoms with Crippen molar-refractivity contribution in [2.24, 2.45) is 16.3 Å². The SMILES string of the molecule is C=C1N(C)N=C2CCN(C(=O)C(NC(=O)C(C)(C)N)OCc3ccccc3)C[C@@]12Cc1ccccc1.O=C(O)[C@H](O)[C@@H](O)C(=O)O. The molecule has 46 heavy (non-hydrogen) atoms. The van der Waals surface area contributed by atoms with Crippen molar-refractivity contribution >= 4 is 29.5 Å². The molecule has 2 aliphatic rings. The Balaban J connectivity index is 0.000000498. The summed E-state index contributed by atoms with van der Waals surface area (Å²) >= 11 is 0. The van der Waals surface area contributed by atoms with Crippen LogP contribution in [0.3, 0.4) is 0 Å². The summed E-state index contributed by atoms with van der Waals surface area (Å²) in [7, 11) is 1.89. The van der Waals surface area contributed by atoms with E-state index in [0.29, 0.717) is 25.9 Å². The van der Waals surface area contributed by atoms with Crippen LogP contribution < -0.4 is 11.1 Å². The van der Waals surface area contributed by atoms with Crippen LogP contribution in [-0.2, 0) is 36.9 Å². The molecule has 248 valence electrons. The number of hydrogen-bond donors (Lipinski definition) is 6. The Bertz CT molecular complexity index is 1430. The first-order valence-corrected chi connectivity index (χ1v) is 14.5. The van der Waals surface area contributed by atoms with Gasteiger partial charge in [-0.1, -0.05) is 67.2 Å². The van der Waals surface area contributed by atoms with Crippen molar-refractivity contribution in [3.05, 3.63) is 84.1 Å². The number of piperidine rings is 1. The average molecular weight is 640 g/mol. The predicted octanol–water partition coefficient (Wildman–Crippen LogP) is 0.537. The molecule has 0 bridgehead atoms. The lowest BCUT2D eigenvalue weighted by atomic mass is 9.72. The lowest BCUT2D eigenvalue weighted by Crippen LogP contribution is -2.60. The number of ether oxygens (including phenoxy) is 1. The second-order valence-corrected chi connectivity index (χ2v) is 11.7. The maximum absolute atomic E-state index is 13.8. The molecule has 2 amide bonds. The number of carboxylic acid groups (broad SMARTS) is 2. The molecular formula is C32H41N5O9. The molecule has 0 aliphatic carbocycles. The number of carbonyl (C=O) groups is 4. The van der Waals surface area contributed by atoms with E-state index in [1.165, 1.54) is 0 Å². The molecule has 2 aromatic carbocycles. The maximum Gasteiger partial charge on any atom is 0.335 e. The van der Waals surface area contributed by atoms with Gasteiger partial charge >= 0.3 is 11.9 Å². The molecule has 0 aromatic heterocycles. The number of likely N-dealkylation sites (tertiary alicyclic amines) is 1. The van der Waals surface area contributed by atoms with Gasteiger partial charge in [-0.15, -0.1) is 0 Å². The van der Waals surface area contributed by atoms with Gasteiger partial charge in [0.2, 0.25) is 12.1 Å². The first kappa shape index (κ1) is 35.8. The highest BCUT2D eigenvalue weighted by Gasteiger charge is 2.50. The minimum Gasteiger partial charge on any atom is -0.479 e. The monoisotopic (exact) mass is 639 g/mol. The number of fused-ring (bicyclic) bond motifs is 1. The lowest BCUT2D eigenvalue weighted by Gasteiger charge is -2.42. The van der Waals surface area contributed by atoms with Crippen molar-refractivity contribution in [3.63, 3.8) is 0 Å². The molecule has 0 radical (unpaired) electrons. The zero-order valence-electron chi connectivity index (χ0n) is 26.0. The second kappa shape index (κ2) is 15.1. The third kappa shape index (κ3) is 8.75. The van der Waals surface area contributed by atoms with E-state index in [9.17, 15) is 19.2 Å². The summed E-state index contributed by atoms with van der Waals surface area (Å²) in [5, 5.41) is 41.8. The largest absolute Gasteiger partial charge is 0.479 e. The Morgan fingerprint density at radius 3 is 2.02 bits per heavy atom. The van der Waals surface area contributed by atoms with Crippen molar-refractivity contribution in [1.82, 2.24) is 15.2 Å². The number of aliphatic carboxylic acids is 2. The number of hydrazone groups is 1. The molecule has 0 spiro atoms. The highest BCUT2D eigenvalue weighted by Crippen LogP contribution is 2.43. The van der Waals surface area contributed by atoms with Gasteiger partial charge in [-0.2, -0.15) is 5.10 Å². The van der Waals surface area contributed by atoms with Crippen molar-refractivity contribution in [2.45, 2.75) is 57.3 Å². The van der Waals surface area contributed by atoms with E-state index in [4.69, 9.17) is 36.0 Å². The van der Waals surface area contributed by atoms with Gasteiger partial charge in [-0.25, -0.2) is 9.59 Å². The molecule has 1 fully saturated rings. The van der Waals surface area contributed by atoms with Crippen LogP contribution in [0.2, 0.25) is 0 Å². The molecule has 0 saturated carbocycles. The van der Waals surface area contributed by atoms with Crippen molar-refractivity contribution in [1.29, 1.82) is 0 Å². The van der Waals surface area contributed by atoms with E-state index >= 15 is 0 Å². The molecule has 2 aliphatic heterocycles. The molecule has 2 heterocycles. The Kier molecular flexibility index (Phi) is 11.8. The fraction of sp³-hybridized carbons (Fsp3) is 0.406. The molecule has 14 heteroatoms. The maximum atomic E-state index is 13.8. The Morgan fingerprint density at radius 2 is 1.52 bits per heavy atom. The molecule has 1 saturated heterocycles. The lowest BCUT2D eigenvalue weighted by molar-refractivity contribution is -0.165. The summed E-state index contributed by atoms with van der Waals surface area (Å²) in [6, 6.07) is 19.7. The number of benzene rings is 2. The van der Waals surface area contributed by atoms with Crippen LogP contribution >= 0.6 is 0 Å². The standard InChI is InChI=1S/C28H35N5O3.C4H6O6/c1-20-28(17-21-11-7-5-8-12-21)19-33(16-15-23(28)31-32(20)4)25(34)24(30-26(35)27(2,3)29)36-18-22-13-9-6-10-14-22;5-1(3(7)8)2(6)4(9)10/h5-14,24H,1,15-19,29H2,2-4H3,(H,30,35);1-2,5-6H,(H,7,8)(H,9,10)/t24?,28-;1-,2-/m01/s1. The molecule has 1 unspecified atom stereocenters. The fourth-order valence-electron chi connectivity index (χ4n) is 4.99. The number of amides is 2. The molecule has 4 atom stereocenters. The summed E-state index contributed by atoms with van der Waals surface area (Å²) < 4.78 is 5.98. The Hall–Kier alpha value is -4.63. The minimum atomic E-state index is -2.27. The van der Waals surface area contributed by atoms with Crippen LogP contribution in [0, 0.1) is 5.41 Å². The van der Waals surface area contributed by atoms with E-state index in [1.54, 1.807) is 18.7 Å². The van der Waals surface area contributed by atoms with Gasteiger partial charge in [0.1, 0.15) is 0 Å².